The van der Waals surface area contributed by atoms with Gasteiger partial charge in [0.25, 0.3) is 0 Å². The largest absolute Gasteiger partial charge is 0.367 e. The van der Waals surface area contributed by atoms with Crippen LogP contribution in [0, 0.1) is 13.8 Å². The third-order valence-corrected chi connectivity index (χ3v) is 4.22. The van der Waals surface area contributed by atoms with Crippen molar-refractivity contribution in [3.05, 3.63) is 89.5 Å². The highest BCUT2D eigenvalue weighted by Crippen LogP contribution is 2.18. The molecule has 0 aliphatic carbocycles. The summed E-state index contributed by atoms with van der Waals surface area (Å²) in [4.78, 5) is 12.1. The van der Waals surface area contributed by atoms with E-state index in [1.54, 1.807) is 0 Å². The zero-order chi connectivity index (χ0) is 19.1. The topological polar surface area (TPSA) is 50.4 Å². The summed E-state index contributed by atoms with van der Waals surface area (Å²) in [5, 5.41) is 6.16. The van der Waals surface area contributed by atoms with Gasteiger partial charge in [0.2, 0.25) is 5.91 Å². The van der Waals surface area contributed by atoms with Gasteiger partial charge in [-0.25, -0.2) is 0 Å². The lowest BCUT2D eigenvalue weighted by molar-refractivity contribution is -0.121. The molecule has 3 aromatic rings. The molecular weight excluding hydrogens is 336 g/mol. The van der Waals surface area contributed by atoms with E-state index in [1.165, 1.54) is 11.1 Å². The van der Waals surface area contributed by atoms with Crippen LogP contribution in [0.2, 0.25) is 0 Å². The molecule has 0 atom stereocenters. The zero-order valence-corrected chi connectivity index (χ0v) is 15.7. The third-order valence-electron chi connectivity index (χ3n) is 4.22. The summed E-state index contributed by atoms with van der Waals surface area (Å²) in [7, 11) is 0. The van der Waals surface area contributed by atoms with Gasteiger partial charge in [-0.3, -0.25) is 4.79 Å². The Labute approximate surface area is 160 Å². The van der Waals surface area contributed by atoms with Gasteiger partial charge in [0.15, 0.2) is 0 Å². The van der Waals surface area contributed by atoms with Crippen molar-refractivity contribution < 1.29 is 9.53 Å². The van der Waals surface area contributed by atoms with Crippen LogP contribution in [-0.2, 0) is 16.1 Å². The van der Waals surface area contributed by atoms with Crippen LogP contribution in [0.25, 0.3) is 0 Å². The van der Waals surface area contributed by atoms with Gasteiger partial charge < -0.3 is 15.4 Å². The van der Waals surface area contributed by atoms with Crippen LogP contribution < -0.4 is 10.6 Å². The number of nitrogens with one attached hydrogen (secondary N) is 2. The lowest BCUT2D eigenvalue weighted by Gasteiger charge is -2.10. The molecule has 2 N–H and O–H groups in total. The first-order valence-corrected chi connectivity index (χ1v) is 8.96. The number of carbonyl (C=O) groups excluding carboxylic acids is 1. The molecule has 0 radical (unpaired) electrons. The van der Waals surface area contributed by atoms with Gasteiger partial charge in [0, 0.05) is 17.1 Å². The fourth-order valence-corrected chi connectivity index (χ4v) is 2.78. The number of carbonyl (C=O) groups is 1. The van der Waals surface area contributed by atoms with E-state index in [0.29, 0.717) is 6.61 Å². The van der Waals surface area contributed by atoms with Crippen molar-refractivity contribution in [3.63, 3.8) is 0 Å². The highest BCUT2D eigenvalue weighted by molar-refractivity contribution is 5.91. The average molecular weight is 360 g/mol. The van der Waals surface area contributed by atoms with Crippen LogP contribution in [0.5, 0.6) is 0 Å². The Kier molecular flexibility index (Phi) is 6.23. The molecule has 27 heavy (non-hydrogen) atoms. The van der Waals surface area contributed by atoms with E-state index in [9.17, 15) is 4.79 Å². The van der Waals surface area contributed by atoms with Gasteiger partial charge in [-0.2, -0.15) is 0 Å². The van der Waals surface area contributed by atoms with Gasteiger partial charge in [0.1, 0.15) is 6.61 Å². The minimum Gasteiger partial charge on any atom is -0.367 e. The molecule has 0 saturated heterocycles. The molecule has 0 spiro atoms. The number of para-hydroxylation sites is 1. The van der Waals surface area contributed by atoms with E-state index in [2.05, 4.69) is 36.6 Å². The molecule has 1 amide bonds. The SMILES string of the molecule is Cc1ccc(COCC(=O)Nc2ccc(Nc3ccccc3)cc2)c(C)c1. The van der Waals surface area contributed by atoms with E-state index in [1.807, 2.05) is 60.7 Å². The van der Waals surface area contributed by atoms with Crippen LogP contribution >= 0.6 is 0 Å². The molecule has 3 aromatic carbocycles. The highest BCUT2D eigenvalue weighted by Gasteiger charge is 2.05. The number of benzene rings is 3. The first-order chi connectivity index (χ1) is 13.1. The van der Waals surface area contributed by atoms with Crippen molar-refractivity contribution in [2.45, 2.75) is 20.5 Å². The number of rotatable bonds is 7. The summed E-state index contributed by atoms with van der Waals surface area (Å²) < 4.78 is 5.55. The molecular formula is C23H24N2O2. The van der Waals surface area contributed by atoms with Gasteiger partial charge in [-0.15, -0.1) is 0 Å². The molecule has 0 heterocycles. The maximum Gasteiger partial charge on any atom is 0.250 e. The van der Waals surface area contributed by atoms with Crippen molar-refractivity contribution in [2.24, 2.45) is 0 Å². The molecule has 0 aromatic heterocycles. The first kappa shape index (κ1) is 18.7. The Balaban J connectivity index is 1.46. The number of ether oxygens (including phenoxy) is 1. The van der Waals surface area contributed by atoms with E-state index in [-0.39, 0.29) is 12.5 Å². The smallest absolute Gasteiger partial charge is 0.250 e. The number of hydrogen-bond donors (Lipinski definition) is 2. The van der Waals surface area contributed by atoms with Gasteiger partial charge in [-0.1, -0.05) is 42.0 Å². The summed E-state index contributed by atoms with van der Waals surface area (Å²) in [6.45, 7) is 4.57. The summed E-state index contributed by atoms with van der Waals surface area (Å²) in [6.07, 6.45) is 0. The van der Waals surface area contributed by atoms with Gasteiger partial charge in [0.05, 0.1) is 6.61 Å². The zero-order valence-electron chi connectivity index (χ0n) is 15.7. The molecule has 4 nitrogen and oxygen atoms in total. The summed E-state index contributed by atoms with van der Waals surface area (Å²) in [5.41, 5.74) is 6.23. The molecule has 0 aliphatic rings. The highest BCUT2D eigenvalue weighted by atomic mass is 16.5. The van der Waals surface area contributed by atoms with Crippen LogP contribution in [0.1, 0.15) is 16.7 Å². The second-order valence-electron chi connectivity index (χ2n) is 6.54. The normalized spacial score (nSPS) is 10.4. The number of aryl methyl sites for hydroxylation is 2. The van der Waals surface area contributed by atoms with Crippen LogP contribution in [0.4, 0.5) is 17.1 Å². The number of amides is 1. The fraction of sp³-hybridized carbons (Fsp3) is 0.174. The number of hydrogen-bond acceptors (Lipinski definition) is 3. The fourth-order valence-electron chi connectivity index (χ4n) is 2.78. The van der Waals surface area contributed by atoms with Crippen LogP contribution in [0.3, 0.4) is 0 Å². The van der Waals surface area contributed by atoms with Crippen LogP contribution in [0.15, 0.2) is 72.8 Å². The maximum absolute atomic E-state index is 12.1. The standard InChI is InChI=1S/C23H24N2O2/c1-17-8-9-19(18(2)14-17)15-27-16-23(26)25-22-12-10-21(11-13-22)24-20-6-4-3-5-7-20/h3-14,24H,15-16H2,1-2H3,(H,25,26). The Bertz CT molecular complexity index is 890. The van der Waals surface area contributed by atoms with Crippen LogP contribution in [-0.4, -0.2) is 12.5 Å². The van der Waals surface area contributed by atoms with Gasteiger partial charge >= 0.3 is 0 Å². The average Bonchev–Trinajstić information content (AvgIpc) is 2.66. The molecule has 3 rings (SSSR count). The molecule has 0 unspecified atom stereocenters. The second-order valence-corrected chi connectivity index (χ2v) is 6.54. The summed E-state index contributed by atoms with van der Waals surface area (Å²) >= 11 is 0. The lowest BCUT2D eigenvalue weighted by Crippen LogP contribution is -2.18. The summed E-state index contributed by atoms with van der Waals surface area (Å²) in [6, 6.07) is 23.8. The molecule has 0 aliphatic heterocycles. The third kappa shape index (κ3) is 5.69. The van der Waals surface area contributed by atoms with Crippen molar-refractivity contribution in [2.75, 3.05) is 17.2 Å². The lowest BCUT2D eigenvalue weighted by atomic mass is 10.1. The Morgan fingerprint density at radius 1 is 0.852 bits per heavy atom. The monoisotopic (exact) mass is 360 g/mol. The molecule has 0 fully saturated rings. The minimum atomic E-state index is -0.163. The Hall–Kier alpha value is -3.11. The predicted octanol–water partition coefficient (Wildman–Crippen LogP) is 5.20. The van der Waals surface area contributed by atoms with E-state index in [0.717, 1.165) is 22.6 Å². The van der Waals surface area contributed by atoms with E-state index < -0.39 is 0 Å². The first-order valence-electron chi connectivity index (χ1n) is 8.96. The van der Waals surface area contributed by atoms with E-state index in [4.69, 9.17) is 4.74 Å². The summed E-state index contributed by atoms with van der Waals surface area (Å²) in [5.74, 6) is -0.163. The second kappa shape index (κ2) is 9.01. The van der Waals surface area contributed by atoms with Crippen molar-refractivity contribution in [1.29, 1.82) is 0 Å². The van der Waals surface area contributed by atoms with Crippen molar-refractivity contribution >= 4 is 23.0 Å². The predicted molar refractivity (Wildman–Crippen MR) is 110 cm³/mol. The quantitative estimate of drug-likeness (QED) is 0.609. The molecule has 0 saturated carbocycles. The number of anilines is 3. The van der Waals surface area contributed by atoms with Crippen molar-refractivity contribution in [1.82, 2.24) is 0 Å². The Morgan fingerprint density at radius 3 is 2.22 bits per heavy atom. The molecule has 4 heteroatoms. The van der Waals surface area contributed by atoms with Gasteiger partial charge in [-0.05, 0) is 61.4 Å². The molecule has 0 bridgehead atoms. The minimum absolute atomic E-state index is 0.0251. The Morgan fingerprint density at radius 2 is 1.52 bits per heavy atom. The molecule has 138 valence electrons. The maximum atomic E-state index is 12.1. The van der Waals surface area contributed by atoms with Crippen molar-refractivity contribution in [3.8, 4) is 0 Å². The van der Waals surface area contributed by atoms with E-state index >= 15 is 0 Å².